The van der Waals surface area contributed by atoms with Crippen LogP contribution in [0.1, 0.15) is 22.7 Å². The number of benzene rings is 2. The third-order valence-electron chi connectivity index (χ3n) is 5.16. The number of carbonyl (C=O) groups is 1. The van der Waals surface area contributed by atoms with E-state index in [4.69, 9.17) is 14.2 Å². The van der Waals surface area contributed by atoms with E-state index in [0.29, 0.717) is 24.6 Å². The topological polar surface area (TPSA) is 60.0 Å². The van der Waals surface area contributed by atoms with Crippen LogP contribution in [-0.2, 0) is 22.5 Å². The van der Waals surface area contributed by atoms with Crippen molar-refractivity contribution in [3.63, 3.8) is 0 Å². The predicted molar refractivity (Wildman–Crippen MR) is 108 cm³/mol. The number of nitrogens with zero attached hydrogens (tertiary/aromatic N) is 1. The number of carbonyl (C=O) groups excluding carboxylic acids is 1. The molecular formula is C22H27FN2O4. The van der Waals surface area contributed by atoms with Crippen molar-refractivity contribution < 1.29 is 23.4 Å². The molecule has 156 valence electrons. The number of rotatable bonds is 8. The van der Waals surface area contributed by atoms with Crippen molar-refractivity contribution in [1.82, 2.24) is 10.2 Å². The van der Waals surface area contributed by atoms with Crippen molar-refractivity contribution in [2.45, 2.75) is 19.0 Å². The van der Waals surface area contributed by atoms with Crippen molar-refractivity contribution in [3.8, 4) is 11.5 Å². The van der Waals surface area contributed by atoms with Gasteiger partial charge in [-0.2, -0.15) is 0 Å². The lowest BCUT2D eigenvalue weighted by Crippen LogP contribution is -2.42. The van der Waals surface area contributed by atoms with E-state index >= 15 is 0 Å². The third-order valence-corrected chi connectivity index (χ3v) is 5.16. The van der Waals surface area contributed by atoms with Gasteiger partial charge in [-0.3, -0.25) is 9.69 Å². The molecule has 3 rings (SSSR count). The number of hydrogen-bond acceptors (Lipinski definition) is 5. The summed E-state index contributed by atoms with van der Waals surface area (Å²) in [5.74, 6) is 0.904. The molecule has 0 aliphatic carbocycles. The first-order chi connectivity index (χ1) is 14.0. The Labute approximate surface area is 170 Å². The minimum Gasteiger partial charge on any atom is -0.493 e. The number of amides is 1. The van der Waals surface area contributed by atoms with Crippen molar-refractivity contribution >= 4 is 5.91 Å². The van der Waals surface area contributed by atoms with Gasteiger partial charge in [0.2, 0.25) is 5.91 Å². The molecule has 0 saturated heterocycles. The molecule has 6 nitrogen and oxygen atoms in total. The molecule has 0 spiro atoms. The molecule has 2 aromatic rings. The summed E-state index contributed by atoms with van der Waals surface area (Å²) >= 11 is 0. The van der Waals surface area contributed by atoms with E-state index in [1.54, 1.807) is 26.4 Å². The van der Waals surface area contributed by atoms with Crippen LogP contribution in [0.2, 0.25) is 0 Å². The molecule has 0 fully saturated rings. The number of hydrogen-bond donors (Lipinski definition) is 1. The maximum atomic E-state index is 13.7. The van der Waals surface area contributed by atoms with Gasteiger partial charge in [0.25, 0.3) is 0 Å². The maximum Gasteiger partial charge on any atom is 0.246 e. The molecule has 29 heavy (non-hydrogen) atoms. The van der Waals surface area contributed by atoms with E-state index in [0.717, 1.165) is 29.7 Å². The summed E-state index contributed by atoms with van der Waals surface area (Å²) in [6.07, 6.45) is 0.827. The monoisotopic (exact) mass is 402 g/mol. The van der Waals surface area contributed by atoms with E-state index in [9.17, 15) is 9.18 Å². The Hall–Kier alpha value is -2.64. The van der Waals surface area contributed by atoms with E-state index in [2.05, 4.69) is 10.2 Å². The van der Waals surface area contributed by atoms with Gasteiger partial charge in [-0.05, 0) is 47.4 Å². The van der Waals surface area contributed by atoms with Crippen LogP contribution in [0.5, 0.6) is 11.5 Å². The number of methoxy groups -OCH3 is 3. The minimum atomic E-state index is -0.253. The van der Waals surface area contributed by atoms with Crippen LogP contribution >= 0.6 is 0 Å². The van der Waals surface area contributed by atoms with Gasteiger partial charge >= 0.3 is 0 Å². The molecule has 1 aliphatic rings. The van der Waals surface area contributed by atoms with E-state index in [-0.39, 0.29) is 24.4 Å². The quantitative estimate of drug-likeness (QED) is 0.736. The average Bonchev–Trinajstić information content (AvgIpc) is 2.72. The molecule has 0 aromatic heterocycles. The lowest BCUT2D eigenvalue weighted by atomic mass is 9.91. The van der Waals surface area contributed by atoms with Crippen molar-refractivity contribution in [2.75, 3.05) is 41.0 Å². The lowest BCUT2D eigenvalue weighted by Gasteiger charge is -2.38. The number of ether oxygens (including phenoxy) is 3. The molecule has 0 saturated carbocycles. The molecule has 0 unspecified atom stereocenters. The number of nitrogens with one attached hydrogen (secondary N) is 1. The Bertz CT molecular complexity index is 859. The fourth-order valence-electron chi connectivity index (χ4n) is 3.77. The van der Waals surface area contributed by atoms with Gasteiger partial charge in [-0.25, -0.2) is 4.39 Å². The molecule has 0 bridgehead atoms. The summed E-state index contributed by atoms with van der Waals surface area (Å²) < 4.78 is 29.5. The molecule has 1 N–H and O–H groups in total. The Morgan fingerprint density at radius 3 is 2.62 bits per heavy atom. The standard InChI is InChI=1S/C22H27FN2O4/c1-27-14-22(26)24-12-19-18-11-21(29-3)20(28-2)10-16(18)7-8-25(19)13-15-5-4-6-17(23)9-15/h4-6,9-11,19H,7-8,12-14H2,1-3H3,(H,24,26)/t19-/m1/s1. The lowest BCUT2D eigenvalue weighted by molar-refractivity contribution is -0.125. The van der Waals surface area contributed by atoms with E-state index in [1.165, 1.54) is 13.2 Å². The predicted octanol–water partition coefficient (Wildman–Crippen LogP) is 2.70. The van der Waals surface area contributed by atoms with Crippen LogP contribution in [0.15, 0.2) is 36.4 Å². The first-order valence-corrected chi connectivity index (χ1v) is 9.54. The molecule has 2 aromatic carbocycles. The van der Waals surface area contributed by atoms with Crippen LogP contribution in [-0.4, -0.2) is 51.8 Å². The molecule has 1 aliphatic heterocycles. The van der Waals surface area contributed by atoms with Crippen LogP contribution in [0.25, 0.3) is 0 Å². The summed E-state index contributed by atoms with van der Waals surface area (Å²) in [4.78, 5) is 14.2. The highest BCUT2D eigenvalue weighted by molar-refractivity contribution is 5.77. The normalized spacial score (nSPS) is 16.2. The van der Waals surface area contributed by atoms with E-state index < -0.39 is 0 Å². The Morgan fingerprint density at radius 1 is 1.17 bits per heavy atom. The van der Waals surface area contributed by atoms with Crippen LogP contribution in [0.3, 0.4) is 0 Å². The molecule has 1 heterocycles. The van der Waals surface area contributed by atoms with Gasteiger partial charge in [0.1, 0.15) is 12.4 Å². The largest absolute Gasteiger partial charge is 0.493 e. The Balaban J connectivity index is 1.91. The summed E-state index contributed by atoms with van der Waals surface area (Å²) in [5.41, 5.74) is 3.12. The summed E-state index contributed by atoms with van der Waals surface area (Å²) in [5, 5.41) is 2.94. The van der Waals surface area contributed by atoms with E-state index in [1.807, 2.05) is 18.2 Å². The van der Waals surface area contributed by atoms with Gasteiger partial charge < -0.3 is 19.5 Å². The maximum absolute atomic E-state index is 13.7. The second-order valence-electron chi connectivity index (χ2n) is 7.01. The van der Waals surface area contributed by atoms with Crippen molar-refractivity contribution in [3.05, 3.63) is 58.9 Å². The zero-order valence-corrected chi connectivity index (χ0v) is 17.0. The van der Waals surface area contributed by atoms with Crippen LogP contribution in [0, 0.1) is 5.82 Å². The van der Waals surface area contributed by atoms with Crippen molar-refractivity contribution in [2.24, 2.45) is 0 Å². The highest BCUT2D eigenvalue weighted by atomic mass is 19.1. The van der Waals surface area contributed by atoms with Gasteiger partial charge in [0.05, 0.1) is 20.3 Å². The van der Waals surface area contributed by atoms with Gasteiger partial charge in [0.15, 0.2) is 11.5 Å². The fourth-order valence-corrected chi connectivity index (χ4v) is 3.77. The Morgan fingerprint density at radius 2 is 1.93 bits per heavy atom. The number of fused-ring (bicyclic) bond motifs is 1. The zero-order valence-electron chi connectivity index (χ0n) is 17.0. The molecule has 0 radical (unpaired) electrons. The highest BCUT2D eigenvalue weighted by Crippen LogP contribution is 2.38. The fraction of sp³-hybridized carbons (Fsp3) is 0.409. The molecule has 7 heteroatoms. The second-order valence-corrected chi connectivity index (χ2v) is 7.01. The van der Waals surface area contributed by atoms with Gasteiger partial charge in [0, 0.05) is 26.7 Å². The molecule has 1 atom stereocenters. The first kappa shape index (κ1) is 21.1. The summed E-state index contributed by atoms with van der Waals surface area (Å²) in [6.45, 7) is 1.79. The van der Waals surface area contributed by atoms with Crippen LogP contribution < -0.4 is 14.8 Å². The zero-order chi connectivity index (χ0) is 20.8. The molecular weight excluding hydrogens is 375 g/mol. The average molecular weight is 402 g/mol. The summed E-state index contributed by atoms with van der Waals surface area (Å²) in [7, 11) is 4.71. The SMILES string of the molecule is COCC(=O)NC[C@@H]1c2cc(OC)c(OC)cc2CCN1Cc1cccc(F)c1. The summed E-state index contributed by atoms with van der Waals surface area (Å²) in [6, 6.07) is 10.5. The van der Waals surface area contributed by atoms with Gasteiger partial charge in [-0.1, -0.05) is 12.1 Å². The van der Waals surface area contributed by atoms with Crippen molar-refractivity contribution in [1.29, 1.82) is 0 Å². The third kappa shape index (κ3) is 5.05. The smallest absolute Gasteiger partial charge is 0.246 e. The number of halogens is 1. The Kier molecular flexibility index (Phi) is 7.06. The second kappa shape index (κ2) is 9.71. The first-order valence-electron chi connectivity index (χ1n) is 9.54. The minimum absolute atomic E-state index is 0.00933. The molecule has 1 amide bonds. The van der Waals surface area contributed by atoms with Crippen LogP contribution in [0.4, 0.5) is 4.39 Å². The van der Waals surface area contributed by atoms with Gasteiger partial charge in [-0.15, -0.1) is 0 Å². The highest BCUT2D eigenvalue weighted by Gasteiger charge is 2.29.